The van der Waals surface area contributed by atoms with Gasteiger partial charge in [0.05, 0.1) is 13.5 Å². The number of anilines is 1. The van der Waals surface area contributed by atoms with Crippen molar-refractivity contribution < 1.29 is 19.4 Å². The fraction of sp³-hybridized carbons (Fsp3) is 0.516. The van der Waals surface area contributed by atoms with E-state index in [-0.39, 0.29) is 23.7 Å². The summed E-state index contributed by atoms with van der Waals surface area (Å²) in [5, 5.41) is 17.1. The first-order chi connectivity index (χ1) is 18.9. The molecule has 1 atom stereocenters. The number of unbranched alkanes of at least 4 members (excludes halogenated alkanes) is 2. The van der Waals surface area contributed by atoms with Gasteiger partial charge in [0.25, 0.3) is 0 Å². The van der Waals surface area contributed by atoms with Gasteiger partial charge in [-0.2, -0.15) is 0 Å². The van der Waals surface area contributed by atoms with Gasteiger partial charge in [-0.1, -0.05) is 25.0 Å². The van der Waals surface area contributed by atoms with Gasteiger partial charge in [-0.25, -0.2) is 4.98 Å². The first-order valence-corrected chi connectivity index (χ1v) is 14.1. The number of carbonyl (C=O) groups excluding carboxylic acids is 2. The van der Waals surface area contributed by atoms with Crippen molar-refractivity contribution in [1.29, 1.82) is 0 Å². The summed E-state index contributed by atoms with van der Waals surface area (Å²) in [7, 11) is 3.50. The molecule has 1 aromatic heterocycles. The van der Waals surface area contributed by atoms with E-state index in [2.05, 4.69) is 15.6 Å². The van der Waals surface area contributed by atoms with Crippen molar-refractivity contribution in [1.82, 2.24) is 15.6 Å². The van der Waals surface area contributed by atoms with Crippen molar-refractivity contribution in [3.05, 3.63) is 53.2 Å². The van der Waals surface area contributed by atoms with Crippen molar-refractivity contribution in [2.45, 2.75) is 57.8 Å². The lowest BCUT2D eigenvalue weighted by Crippen LogP contribution is -2.35. The number of nitrogens with two attached hydrogens (primary N) is 1. The molecule has 8 nitrogen and oxygen atoms in total. The minimum atomic E-state index is -0.230. The van der Waals surface area contributed by atoms with Crippen LogP contribution in [0.2, 0.25) is 0 Å². The molecule has 2 heterocycles. The molecule has 1 saturated heterocycles. The summed E-state index contributed by atoms with van der Waals surface area (Å²) in [6, 6.07) is 6.90. The van der Waals surface area contributed by atoms with Gasteiger partial charge in [0.1, 0.15) is 11.6 Å². The molecule has 212 valence electrons. The molecule has 1 aliphatic rings. The van der Waals surface area contributed by atoms with E-state index in [0.29, 0.717) is 30.3 Å². The fourth-order valence-electron chi connectivity index (χ4n) is 5.37. The Bertz CT molecular complexity index is 1090. The van der Waals surface area contributed by atoms with E-state index < -0.39 is 0 Å². The Balaban J connectivity index is 1.48. The van der Waals surface area contributed by atoms with Gasteiger partial charge in [-0.15, -0.1) is 0 Å². The number of aromatic hydroxyl groups is 1. The van der Waals surface area contributed by atoms with Gasteiger partial charge < -0.3 is 26.2 Å². The number of allylic oxidation sites excluding steroid dienone is 1. The van der Waals surface area contributed by atoms with Crippen molar-refractivity contribution in [3.8, 4) is 11.5 Å². The second-order valence-corrected chi connectivity index (χ2v) is 10.5. The number of benzene rings is 1. The number of ketones is 2. The zero-order chi connectivity index (χ0) is 28.0. The van der Waals surface area contributed by atoms with Crippen LogP contribution in [0.4, 0.5) is 5.82 Å². The maximum absolute atomic E-state index is 12.6. The average molecular weight is 537 g/mol. The van der Waals surface area contributed by atoms with E-state index in [4.69, 9.17) is 10.5 Å². The largest absolute Gasteiger partial charge is 0.504 e. The Kier molecular flexibility index (Phi) is 12.4. The predicted octanol–water partition coefficient (Wildman–Crippen LogP) is 4.30. The van der Waals surface area contributed by atoms with Crippen LogP contribution in [0.25, 0.3) is 6.08 Å². The molecule has 5 N–H and O–H groups in total. The van der Waals surface area contributed by atoms with Gasteiger partial charge in [-0.3, -0.25) is 9.59 Å². The molecular formula is C31H44N4O4. The van der Waals surface area contributed by atoms with Crippen molar-refractivity contribution >= 4 is 23.5 Å². The number of methoxy groups -OCH3 is 1. The number of rotatable bonds is 16. The highest BCUT2D eigenvalue weighted by molar-refractivity contribution is 6.06. The smallest absolute Gasteiger partial charge is 0.163 e. The van der Waals surface area contributed by atoms with Crippen LogP contribution < -0.4 is 21.1 Å². The number of nitrogens with one attached hydrogen (secondary N) is 2. The second kappa shape index (κ2) is 16.0. The normalized spacial score (nSPS) is 14.9. The third-order valence-corrected chi connectivity index (χ3v) is 7.55. The lowest BCUT2D eigenvalue weighted by Gasteiger charge is -2.30. The van der Waals surface area contributed by atoms with Gasteiger partial charge >= 0.3 is 0 Å². The molecule has 3 rings (SSSR count). The van der Waals surface area contributed by atoms with Crippen molar-refractivity contribution in [2.24, 2.45) is 11.8 Å². The highest BCUT2D eigenvalue weighted by atomic mass is 16.5. The summed E-state index contributed by atoms with van der Waals surface area (Å²) in [6.07, 6.45) is 12.3. The number of phenolic OH excluding ortho intramolecular Hbond substituents is 1. The van der Waals surface area contributed by atoms with Crippen LogP contribution in [-0.4, -0.2) is 55.4 Å². The molecular weight excluding hydrogens is 492 g/mol. The molecule has 1 aromatic carbocycles. The van der Waals surface area contributed by atoms with Crippen LogP contribution >= 0.6 is 0 Å². The number of nitrogen functional groups attached to an aromatic ring is 1. The maximum Gasteiger partial charge on any atom is 0.163 e. The Morgan fingerprint density at radius 3 is 2.72 bits per heavy atom. The fourth-order valence-corrected chi connectivity index (χ4v) is 5.37. The van der Waals surface area contributed by atoms with Gasteiger partial charge in [0.2, 0.25) is 0 Å². The topological polar surface area (TPSA) is 127 Å². The number of carbonyl (C=O) groups is 2. The van der Waals surface area contributed by atoms with Gasteiger partial charge in [-0.05, 0) is 112 Å². The average Bonchev–Trinajstić information content (AvgIpc) is 2.93. The van der Waals surface area contributed by atoms with Crippen LogP contribution in [0.15, 0.2) is 36.5 Å². The number of ether oxygens (including phenoxy) is 1. The molecule has 8 heteroatoms. The number of nitrogens with zero attached hydrogens (tertiary/aromatic N) is 1. The summed E-state index contributed by atoms with van der Waals surface area (Å²) >= 11 is 0. The summed E-state index contributed by atoms with van der Waals surface area (Å²) in [6.45, 7) is 3.28. The zero-order valence-electron chi connectivity index (χ0n) is 23.4. The van der Waals surface area contributed by atoms with Crippen LogP contribution in [0.3, 0.4) is 0 Å². The van der Waals surface area contributed by atoms with Crippen LogP contribution in [0, 0.1) is 11.8 Å². The maximum atomic E-state index is 12.6. The number of hydrogen-bond acceptors (Lipinski definition) is 8. The number of pyridine rings is 1. The van der Waals surface area contributed by atoms with Crippen molar-refractivity contribution in [2.75, 3.05) is 39.5 Å². The number of piperidine rings is 1. The Morgan fingerprint density at radius 2 is 2.03 bits per heavy atom. The van der Waals surface area contributed by atoms with E-state index in [9.17, 15) is 14.7 Å². The SMILES string of the molecule is CNC[C@H](CCCCCC(=O)CC(=O)/C=C/c1cc(OC)c(O)cc1Cc1ccc(N)nc1)C1CCNCC1. The minimum Gasteiger partial charge on any atom is -0.504 e. The molecule has 0 amide bonds. The van der Waals surface area contributed by atoms with Crippen molar-refractivity contribution in [3.63, 3.8) is 0 Å². The van der Waals surface area contributed by atoms with E-state index >= 15 is 0 Å². The van der Waals surface area contributed by atoms with E-state index in [1.165, 1.54) is 32.4 Å². The Hall–Kier alpha value is -3.23. The Morgan fingerprint density at radius 1 is 1.23 bits per heavy atom. The van der Waals surface area contributed by atoms with Gasteiger partial charge in [0.15, 0.2) is 17.3 Å². The highest BCUT2D eigenvalue weighted by Gasteiger charge is 2.22. The first kappa shape index (κ1) is 30.3. The van der Waals surface area contributed by atoms with Crippen LogP contribution in [-0.2, 0) is 16.0 Å². The first-order valence-electron chi connectivity index (χ1n) is 14.1. The third-order valence-electron chi connectivity index (χ3n) is 7.55. The molecule has 0 bridgehead atoms. The quantitative estimate of drug-likeness (QED) is 0.142. The molecule has 0 radical (unpaired) electrons. The lowest BCUT2D eigenvalue weighted by molar-refractivity contribution is -0.124. The number of Topliss-reactive ketones (excluding diaryl/α,β-unsaturated/α-hetero) is 1. The monoisotopic (exact) mass is 536 g/mol. The molecule has 0 unspecified atom stereocenters. The molecule has 0 aliphatic carbocycles. The second-order valence-electron chi connectivity index (χ2n) is 10.5. The summed E-state index contributed by atoms with van der Waals surface area (Å²) in [5.74, 6) is 1.98. The van der Waals surface area contributed by atoms with Crippen LogP contribution in [0.5, 0.6) is 11.5 Å². The molecule has 0 spiro atoms. The summed E-state index contributed by atoms with van der Waals surface area (Å²) in [5.41, 5.74) is 8.13. The number of phenols is 1. The number of hydrogen-bond donors (Lipinski definition) is 4. The summed E-state index contributed by atoms with van der Waals surface area (Å²) < 4.78 is 5.25. The van der Waals surface area contributed by atoms with Crippen LogP contribution in [0.1, 0.15) is 68.1 Å². The molecule has 0 saturated carbocycles. The molecule has 2 aromatic rings. The summed E-state index contributed by atoms with van der Waals surface area (Å²) in [4.78, 5) is 29.1. The lowest BCUT2D eigenvalue weighted by atomic mass is 9.81. The van der Waals surface area contributed by atoms with E-state index in [1.807, 2.05) is 13.1 Å². The zero-order valence-corrected chi connectivity index (χ0v) is 23.4. The van der Waals surface area contributed by atoms with Gasteiger partial charge in [0, 0.05) is 12.6 Å². The molecule has 39 heavy (non-hydrogen) atoms. The predicted molar refractivity (Wildman–Crippen MR) is 156 cm³/mol. The Labute approximate surface area is 232 Å². The highest BCUT2D eigenvalue weighted by Crippen LogP contribution is 2.31. The van der Waals surface area contributed by atoms with E-state index in [0.717, 1.165) is 61.5 Å². The minimum absolute atomic E-state index is 0.0163. The third kappa shape index (κ3) is 10.1. The molecule has 1 aliphatic heterocycles. The molecule has 1 fully saturated rings. The number of aromatic nitrogens is 1. The van der Waals surface area contributed by atoms with E-state index in [1.54, 1.807) is 30.5 Å². The standard InChI is InChI=1S/C31H44N4O4/c1-33-21-25(23-12-14-34-15-13-23)6-4-3-5-7-27(36)19-28(37)10-9-24-18-30(39-2)29(38)17-26(24)16-22-8-11-31(32)35-20-22/h8-11,17-18,20,23,25,33-34,38H,3-7,12-16,19,21H2,1-2H3,(H2,32,35)/b10-9+/t25-/m0/s1.